The summed E-state index contributed by atoms with van der Waals surface area (Å²) in [5, 5.41) is 19.3. The molecule has 2 aromatic rings. The molecule has 1 heterocycles. The molecule has 0 unspecified atom stereocenters. The molecule has 0 aliphatic carbocycles. The maximum atomic E-state index is 12.2. The molecule has 1 aromatic heterocycles. The number of rotatable bonds is 3. The molecule has 0 saturated carbocycles. The second-order valence-corrected chi connectivity index (χ2v) is 4.18. The van der Waals surface area contributed by atoms with Crippen molar-refractivity contribution in [2.45, 2.75) is 13.5 Å². The molecule has 0 aliphatic heterocycles. The van der Waals surface area contributed by atoms with Crippen molar-refractivity contribution in [2.24, 2.45) is 0 Å². The van der Waals surface area contributed by atoms with Crippen molar-refractivity contribution < 1.29 is 19.7 Å². The van der Waals surface area contributed by atoms with Gasteiger partial charge < -0.3 is 19.5 Å². The zero-order chi connectivity index (χ0) is 14.2. The SMILES string of the molecule is COc1cc(O)c2c(=O)n(CC(=O)O)c(C)cc2c1. The smallest absolute Gasteiger partial charge is 0.323 e. The van der Waals surface area contributed by atoms with Gasteiger partial charge in [-0.05, 0) is 24.4 Å². The summed E-state index contributed by atoms with van der Waals surface area (Å²) in [4.78, 5) is 23.0. The molecule has 0 atom stereocenters. The molecule has 0 bridgehead atoms. The van der Waals surface area contributed by atoms with Crippen molar-refractivity contribution in [3.8, 4) is 11.5 Å². The number of carboxylic acid groups (broad SMARTS) is 1. The fourth-order valence-corrected chi connectivity index (χ4v) is 2.02. The third kappa shape index (κ3) is 2.24. The Morgan fingerprint density at radius 2 is 2.05 bits per heavy atom. The molecule has 0 saturated heterocycles. The van der Waals surface area contributed by atoms with Crippen molar-refractivity contribution in [1.82, 2.24) is 4.57 Å². The van der Waals surface area contributed by atoms with E-state index >= 15 is 0 Å². The van der Waals surface area contributed by atoms with Gasteiger partial charge in [-0.25, -0.2) is 0 Å². The molecular formula is C13H13NO5. The number of aromatic hydroxyl groups is 1. The second kappa shape index (κ2) is 4.64. The van der Waals surface area contributed by atoms with Crippen LogP contribution in [0.3, 0.4) is 0 Å². The van der Waals surface area contributed by atoms with Crippen molar-refractivity contribution in [1.29, 1.82) is 0 Å². The summed E-state index contributed by atoms with van der Waals surface area (Å²) in [6.07, 6.45) is 0. The lowest BCUT2D eigenvalue weighted by Gasteiger charge is -2.11. The van der Waals surface area contributed by atoms with E-state index in [1.165, 1.54) is 13.2 Å². The van der Waals surface area contributed by atoms with E-state index in [0.29, 0.717) is 16.8 Å². The standard InChI is InChI=1S/C13H13NO5/c1-7-3-8-4-9(19-2)5-10(15)12(8)13(18)14(7)6-11(16)17/h3-5,15H,6H2,1-2H3,(H,16,17). The fourth-order valence-electron chi connectivity index (χ4n) is 2.02. The average molecular weight is 263 g/mol. The highest BCUT2D eigenvalue weighted by molar-refractivity contribution is 5.89. The van der Waals surface area contributed by atoms with E-state index in [2.05, 4.69) is 0 Å². The van der Waals surface area contributed by atoms with Gasteiger partial charge in [0.2, 0.25) is 0 Å². The number of ether oxygens (including phenoxy) is 1. The number of fused-ring (bicyclic) bond motifs is 1. The second-order valence-electron chi connectivity index (χ2n) is 4.18. The molecule has 0 amide bonds. The topological polar surface area (TPSA) is 88.8 Å². The van der Waals surface area contributed by atoms with Crippen LogP contribution < -0.4 is 10.3 Å². The van der Waals surface area contributed by atoms with E-state index in [-0.39, 0.29) is 11.1 Å². The lowest BCUT2D eigenvalue weighted by Crippen LogP contribution is -2.26. The maximum Gasteiger partial charge on any atom is 0.323 e. The van der Waals surface area contributed by atoms with E-state index in [1.54, 1.807) is 19.1 Å². The number of pyridine rings is 1. The Kier molecular flexibility index (Phi) is 3.16. The van der Waals surface area contributed by atoms with E-state index in [1.807, 2.05) is 0 Å². The Labute approximate surface area is 108 Å². The Hall–Kier alpha value is -2.50. The van der Waals surface area contributed by atoms with Crippen molar-refractivity contribution in [2.75, 3.05) is 7.11 Å². The third-order valence-electron chi connectivity index (χ3n) is 2.90. The van der Waals surface area contributed by atoms with Gasteiger partial charge in [0.15, 0.2) is 0 Å². The summed E-state index contributed by atoms with van der Waals surface area (Å²) in [7, 11) is 1.46. The molecule has 0 spiro atoms. The molecule has 100 valence electrons. The normalized spacial score (nSPS) is 10.6. The van der Waals surface area contributed by atoms with Crippen molar-refractivity contribution in [3.05, 3.63) is 34.2 Å². The minimum Gasteiger partial charge on any atom is -0.507 e. The number of aliphatic carboxylic acids is 1. The molecule has 6 nitrogen and oxygen atoms in total. The quantitative estimate of drug-likeness (QED) is 0.865. The molecule has 0 radical (unpaired) electrons. The average Bonchev–Trinajstić information content (AvgIpc) is 2.33. The minimum atomic E-state index is -1.11. The highest BCUT2D eigenvalue weighted by Crippen LogP contribution is 2.28. The Balaban J connectivity index is 2.81. The summed E-state index contributed by atoms with van der Waals surface area (Å²) in [6, 6.07) is 4.58. The number of hydrogen-bond acceptors (Lipinski definition) is 4. The number of phenolic OH excluding ortho intramolecular Hbond substituents is 1. The maximum absolute atomic E-state index is 12.2. The van der Waals surface area contributed by atoms with Gasteiger partial charge in [0.1, 0.15) is 18.0 Å². The van der Waals surface area contributed by atoms with Crippen LogP contribution in [0.2, 0.25) is 0 Å². The van der Waals surface area contributed by atoms with Gasteiger partial charge in [-0.3, -0.25) is 9.59 Å². The lowest BCUT2D eigenvalue weighted by molar-refractivity contribution is -0.137. The zero-order valence-electron chi connectivity index (χ0n) is 10.5. The monoisotopic (exact) mass is 263 g/mol. The van der Waals surface area contributed by atoms with Crippen LogP contribution in [0.1, 0.15) is 5.69 Å². The van der Waals surface area contributed by atoms with Crippen LogP contribution in [-0.4, -0.2) is 27.9 Å². The van der Waals surface area contributed by atoms with Crippen LogP contribution in [0.4, 0.5) is 0 Å². The highest BCUT2D eigenvalue weighted by Gasteiger charge is 2.13. The Morgan fingerprint density at radius 3 is 2.63 bits per heavy atom. The number of aryl methyl sites for hydroxylation is 1. The summed E-state index contributed by atoms with van der Waals surface area (Å²) in [5.74, 6) is -0.907. The van der Waals surface area contributed by atoms with E-state index in [4.69, 9.17) is 9.84 Å². The van der Waals surface area contributed by atoms with Crippen LogP contribution in [0.5, 0.6) is 11.5 Å². The first-order chi connectivity index (χ1) is 8.93. The van der Waals surface area contributed by atoms with Gasteiger partial charge in [0.25, 0.3) is 5.56 Å². The lowest BCUT2D eigenvalue weighted by atomic mass is 10.1. The highest BCUT2D eigenvalue weighted by atomic mass is 16.5. The van der Waals surface area contributed by atoms with Crippen LogP contribution in [-0.2, 0) is 11.3 Å². The fraction of sp³-hybridized carbons (Fsp3) is 0.231. The van der Waals surface area contributed by atoms with E-state index in [9.17, 15) is 14.7 Å². The number of hydrogen-bond donors (Lipinski definition) is 2. The molecule has 1 aromatic carbocycles. The number of nitrogens with zero attached hydrogens (tertiary/aromatic N) is 1. The van der Waals surface area contributed by atoms with Gasteiger partial charge in [-0.2, -0.15) is 0 Å². The molecule has 0 aliphatic rings. The molecule has 19 heavy (non-hydrogen) atoms. The molecule has 2 rings (SSSR count). The summed E-state index contributed by atoms with van der Waals surface area (Å²) >= 11 is 0. The van der Waals surface area contributed by atoms with E-state index < -0.39 is 18.1 Å². The Morgan fingerprint density at radius 1 is 1.37 bits per heavy atom. The predicted octanol–water partition coefficient (Wildman–Crippen LogP) is 1.11. The van der Waals surface area contributed by atoms with Crippen LogP contribution in [0.15, 0.2) is 23.0 Å². The molecular weight excluding hydrogens is 250 g/mol. The summed E-state index contributed by atoms with van der Waals surface area (Å²) in [5.41, 5.74) is -0.0230. The van der Waals surface area contributed by atoms with Gasteiger partial charge in [-0.1, -0.05) is 0 Å². The van der Waals surface area contributed by atoms with Crippen LogP contribution in [0.25, 0.3) is 10.8 Å². The van der Waals surface area contributed by atoms with Gasteiger partial charge in [-0.15, -0.1) is 0 Å². The minimum absolute atomic E-state index is 0.0904. The number of carboxylic acids is 1. The summed E-state index contributed by atoms with van der Waals surface area (Å²) < 4.78 is 6.12. The first kappa shape index (κ1) is 12.9. The zero-order valence-corrected chi connectivity index (χ0v) is 10.5. The Bertz CT molecular complexity index is 717. The van der Waals surface area contributed by atoms with Gasteiger partial charge >= 0.3 is 5.97 Å². The number of benzene rings is 1. The van der Waals surface area contributed by atoms with Gasteiger partial charge in [0.05, 0.1) is 12.5 Å². The van der Waals surface area contributed by atoms with Crippen LogP contribution in [0, 0.1) is 6.92 Å². The molecule has 0 fully saturated rings. The first-order valence-electron chi connectivity index (χ1n) is 5.57. The molecule has 2 N–H and O–H groups in total. The number of aromatic nitrogens is 1. The molecule has 6 heteroatoms. The van der Waals surface area contributed by atoms with Crippen molar-refractivity contribution in [3.63, 3.8) is 0 Å². The first-order valence-corrected chi connectivity index (χ1v) is 5.57. The number of carbonyl (C=O) groups is 1. The van der Waals surface area contributed by atoms with E-state index in [0.717, 1.165) is 4.57 Å². The van der Waals surface area contributed by atoms with Crippen LogP contribution >= 0.6 is 0 Å². The largest absolute Gasteiger partial charge is 0.507 e. The number of phenols is 1. The van der Waals surface area contributed by atoms with Crippen molar-refractivity contribution >= 4 is 16.7 Å². The third-order valence-corrected chi connectivity index (χ3v) is 2.90. The number of methoxy groups -OCH3 is 1. The van der Waals surface area contributed by atoms with Gasteiger partial charge in [0, 0.05) is 11.8 Å². The predicted molar refractivity (Wildman–Crippen MR) is 68.8 cm³/mol. The summed E-state index contributed by atoms with van der Waals surface area (Å²) in [6.45, 7) is 1.20.